The van der Waals surface area contributed by atoms with Crippen molar-refractivity contribution < 1.29 is 4.74 Å². The molecule has 1 aliphatic heterocycles. The van der Waals surface area contributed by atoms with Crippen molar-refractivity contribution in [1.82, 2.24) is 4.57 Å². The van der Waals surface area contributed by atoms with E-state index in [2.05, 4.69) is 4.57 Å². The molecule has 0 radical (unpaired) electrons. The van der Waals surface area contributed by atoms with Gasteiger partial charge in [0, 0.05) is 35.4 Å². The Labute approximate surface area is 111 Å². The van der Waals surface area contributed by atoms with Gasteiger partial charge in [0.2, 0.25) is 0 Å². The molecule has 0 aliphatic carbocycles. The second-order valence-corrected chi connectivity index (χ2v) is 4.92. The minimum atomic E-state index is 0.538. The Hall–Kier alpha value is -1.45. The number of rotatable bonds is 3. The molecule has 0 atom stereocenters. The third-order valence-electron chi connectivity index (χ3n) is 3.30. The largest absolute Gasteiger partial charge is 0.493 e. The predicted octanol–water partition coefficient (Wildman–Crippen LogP) is 2.58. The fourth-order valence-corrected chi connectivity index (χ4v) is 2.70. The smallest absolute Gasteiger partial charge is 0.127 e. The van der Waals surface area contributed by atoms with Gasteiger partial charge in [-0.2, -0.15) is 0 Å². The summed E-state index contributed by atoms with van der Waals surface area (Å²) in [6.45, 7) is 2.04. The molecule has 0 spiro atoms. The number of nitrogens with zero attached hydrogens (tertiary/aromatic N) is 1. The zero-order valence-corrected chi connectivity index (χ0v) is 10.8. The van der Waals surface area contributed by atoms with Crippen LogP contribution < -0.4 is 10.5 Å². The lowest BCUT2D eigenvalue weighted by molar-refractivity contribution is 0.352. The Morgan fingerprint density at radius 1 is 1.39 bits per heavy atom. The van der Waals surface area contributed by atoms with Crippen LogP contribution in [0, 0.1) is 0 Å². The fraction of sp³-hybridized carbons (Fsp3) is 0.286. The van der Waals surface area contributed by atoms with E-state index in [1.807, 2.05) is 30.5 Å². The number of ether oxygens (including phenoxy) is 1. The first-order valence-corrected chi connectivity index (χ1v) is 6.44. The van der Waals surface area contributed by atoms with E-state index in [4.69, 9.17) is 22.1 Å². The maximum Gasteiger partial charge on any atom is 0.127 e. The number of fused-ring (bicyclic) bond motifs is 1. The molecule has 18 heavy (non-hydrogen) atoms. The Kier molecular flexibility index (Phi) is 3.02. The molecule has 2 heterocycles. The second-order valence-electron chi connectivity index (χ2n) is 4.48. The SMILES string of the molecule is NCc1cccn1Cc1cc(Cl)cc2c1OCC2. The summed E-state index contributed by atoms with van der Waals surface area (Å²) < 4.78 is 7.84. The van der Waals surface area contributed by atoms with Crippen molar-refractivity contribution in [2.24, 2.45) is 5.73 Å². The van der Waals surface area contributed by atoms with E-state index in [-0.39, 0.29) is 0 Å². The van der Waals surface area contributed by atoms with Crippen LogP contribution in [0.2, 0.25) is 5.02 Å². The lowest BCUT2D eigenvalue weighted by Crippen LogP contribution is -2.08. The van der Waals surface area contributed by atoms with E-state index in [0.717, 1.165) is 41.6 Å². The van der Waals surface area contributed by atoms with Crippen LogP contribution in [0.4, 0.5) is 0 Å². The van der Waals surface area contributed by atoms with E-state index in [1.54, 1.807) is 0 Å². The maximum absolute atomic E-state index is 6.15. The van der Waals surface area contributed by atoms with Gasteiger partial charge >= 0.3 is 0 Å². The van der Waals surface area contributed by atoms with Gasteiger partial charge in [0.15, 0.2) is 0 Å². The number of hydrogen-bond donors (Lipinski definition) is 1. The van der Waals surface area contributed by atoms with Crippen LogP contribution in [-0.4, -0.2) is 11.2 Å². The molecule has 0 saturated carbocycles. The number of benzene rings is 1. The molecule has 0 bridgehead atoms. The predicted molar refractivity (Wildman–Crippen MR) is 72.1 cm³/mol. The normalized spacial score (nSPS) is 13.4. The van der Waals surface area contributed by atoms with Gasteiger partial charge in [-0.1, -0.05) is 11.6 Å². The molecule has 2 aromatic rings. The van der Waals surface area contributed by atoms with Gasteiger partial charge in [0.05, 0.1) is 13.2 Å². The molecule has 3 nitrogen and oxygen atoms in total. The van der Waals surface area contributed by atoms with Gasteiger partial charge in [0.25, 0.3) is 0 Å². The third-order valence-corrected chi connectivity index (χ3v) is 3.52. The molecule has 0 saturated heterocycles. The number of hydrogen-bond acceptors (Lipinski definition) is 2. The number of aromatic nitrogens is 1. The van der Waals surface area contributed by atoms with Crippen molar-refractivity contribution in [2.75, 3.05) is 6.61 Å². The summed E-state index contributed by atoms with van der Waals surface area (Å²) in [7, 11) is 0. The van der Waals surface area contributed by atoms with E-state index in [9.17, 15) is 0 Å². The Balaban J connectivity index is 1.98. The zero-order chi connectivity index (χ0) is 12.5. The number of halogens is 1. The molecule has 2 N–H and O–H groups in total. The second kappa shape index (κ2) is 4.67. The monoisotopic (exact) mass is 262 g/mol. The molecular formula is C14H15ClN2O. The highest BCUT2D eigenvalue weighted by atomic mass is 35.5. The van der Waals surface area contributed by atoms with Gasteiger partial charge in [-0.05, 0) is 29.8 Å². The van der Waals surface area contributed by atoms with E-state index in [0.29, 0.717) is 6.54 Å². The minimum Gasteiger partial charge on any atom is -0.493 e. The van der Waals surface area contributed by atoms with E-state index >= 15 is 0 Å². The van der Waals surface area contributed by atoms with Crippen molar-refractivity contribution in [3.05, 3.63) is 52.3 Å². The molecule has 94 valence electrons. The summed E-state index contributed by atoms with van der Waals surface area (Å²) in [5.74, 6) is 0.996. The molecule has 0 fully saturated rings. The standard InChI is InChI=1S/C14H15ClN2O/c15-12-6-10-3-5-18-14(10)11(7-12)9-17-4-1-2-13(17)8-16/h1-2,4,6-7H,3,5,8-9,16H2. The summed E-state index contributed by atoms with van der Waals surface area (Å²) in [5.41, 5.74) is 9.16. The Morgan fingerprint density at radius 2 is 2.28 bits per heavy atom. The molecular weight excluding hydrogens is 248 g/mol. The van der Waals surface area contributed by atoms with Crippen LogP contribution in [0.5, 0.6) is 5.75 Å². The molecule has 1 aliphatic rings. The van der Waals surface area contributed by atoms with Crippen molar-refractivity contribution in [2.45, 2.75) is 19.5 Å². The first kappa shape index (κ1) is 11.6. The highest BCUT2D eigenvalue weighted by molar-refractivity contribution is 6.30. The fourth-order valence-electron chi connectivity index (χ4n) is 2.44. The van der Waals surface area contributed by atoms with Gasteiger partial charge < -0.3 is 15.0 Å². The molecule has 4 heteroatoms. The van der Waals surface area contributed by atoms with Crippen molar-refractivity contribution in [3.63, 3.8) is 0 Å². The minimum absolute atomic E-state index is 0.538. The highest BCUT2D eigenvalue weighted by Crippen LogP contribution is 2.33. The summed E-state index contributed by atoms with van der Waals surface area (Å²) in [6.07, 6.45) is 2.97. The van der Waals surface area contributed by atoms with Crippen LogP contribution in [0.15, 0.2) is 30.5 Å². The lowest BCUT2D eigenvalue weighted by atomic mass is 10.1. The van der Waals surface area contributed by atoms with Crippen LogP contribution in [0.3, 0.4) is 0 Å². The number of nitrogens with two attached hydrogens (primary N) is 1. The maximum atomic E-state index is 6.15. The lowest BCUT2D eigenvalue weighted by Gasteiger charge is -2.12. The van der Waals surface area contributed by atoms with Gasteiger partial charge in [-0.25, -0.2) is 0 Å². The summed E-state index contributed by atoms with van der Waals surface area (Å²) >= 11 is 6.15. The van der Waals surface area contributed by atoms with Gasteiger partial charge in [-0.3, -0.25) is 0 Å². The van der Waals surface area contributed by atoms with Crippen molar-refractivity contribution >= 4 is 11.6 Å². The van der Waals surface area contributed by atoms with E-state index in [1.165, 1.54) is 5.56 Å². The van der Waals surface area contributed by atoms with Crippen molar-refractivity contribution in [3.8, 4) is 5.75 Å². The molecule has 3 rings (SSSR count). The molecule has 1 aromatic carbocycles. The van der Waals surface area contributed by atoms with E-state index < -0.39 is 0 Å². The van der Waals surface area contributed by atoms with Gasteiger partial charge in [-0.15, -0.1) is 0 Å². The zero-order valence-electron chi connectivity index (χ0n) is 10.0. The first-order chi connectivity index (χ1) is 8.78. The summed E-state index contributed by atoms with van der Waals surface area (Å²) in [5, 5.41) is 0.774. The van der Waals surface area contributed by atoms with Gasteiger partial charge in [0.1, 0.15) is 5.75 Å². The first-order valence-electron chi connectivity index (χ1n) is 6.06. The molecule has 0 amide bonds. The third kappa shape index (κ3) is 2.00. The molecule has 1 aromatic heterocycles. The quantitative estimate of drug-likeness (QED) is 0.924. The highest BCUT2D eigenvalue weighted by Gasteiger charge is 2.18. The summed E-state index contributed by atoms with van der Waals surface area (Å²) in [6, 6.07) is 8.01. The average Bonchev–Trinajstić information content (AvgIpc) is 2.96. The van der Waals surface area contributed by atoms with Crippen LogP contribution in [0.1, 0.15) is 16.8 Å². The Bertz CT molecular complexity index is 577. The summed E-state index contributed by atoms with van der Waals surface area (Å²) in [4.78, 5) is 0. The molecule has 0 unspecified atom stereocenters. The van der Waals surface area contributed by atoms with Crippen LogP contribution in [-0.2, 0) is 19.5 Å². The van der Waals surface area contributed by atoms with Crippen molar-refractivity contribution in [1.29, 1.82) is 0 Å². The topological polar surface area (TPSA) is 40.2 Å². The average molecular weight is 263 g/mol. The van der Waals surface area contributed by atoms with Crippen LogP contribution >= 0.6 is 11.6 Å². The Morgan fingerprint density at radius 3 is 3.11 bits per heavy atom. The van der Waals surface area contributed by atoms with Crippen LogP contribution in [0.25, 0.3) is 0 Å².